The SMILES string of the molecule is CO[C@H]1O[C@H](CO[C@@H]2O[C@H](COC(=O)c3ccc4ccccc4n3)[C@@H](OCc3ccccc3)[C@@H]2OCc2ccccc2)[C@@H](OC(=O)c2ccccc2)[C@@H]1OC(=O)c1ccccc1. The van der Waals surface area contributed by atoms with E-state index in [0.29, 0.717) is 5.52 Å². The molecular formula is C49H45NO12. The smallest absolute Gasteiger partial charge is 0.357 e. The van der Waals surface area contributed by atoms with Crippen LogP contribution in [0.25, 0.3) is 10.9 Å². The third-order valence-corrected chi connectivity index (χ3v) is 10.5. The zero-order valence-electron chi connectivity index (χ0n) is 33.8. The van der Waals surface area contributed by atoms with Crippen molar-refractivity contribution < 1.29 is 57.0 Å². The number of fused-ring (bicyclic) bond motifs is 1. The zero-order valence-corrected chi connectivity index (χ0v) is 33.8. The number of hydrogen-bond acceptors (Lipinski definition) is 13. The Morgan fingerprint density at radius 2 is 1.02 bits per heavy atom. The maximum atomic E-state index is 13.5. The summed E-state index contributed by atoms with van der Waals surface area (Å²) in [5.74, 6) is -1.97. The molecule has 3 heterocycles. The van der Waals surface area contributed by atoms with Gasteiger partial charge in [0.2, 0.25) is 0 Å². The average molecular weight is 840 g/mol. The molecule has 2 fully saturated rings. The van der Waals surface area contributed by atoms with E-state index in [9.17, 15) is 14.4 Å². The molecule has 6 aromatic rings. The summed E-state index contributed by atoms with van der Waals surface area (Å²) in [5, 5.41) is 0.886. The lowest BCUT2D eigenvalue weighted by atomic mass is 10.1. The minimum absolute atomic E-state index is 0.137. The highest BCUT2D eigenvalue weighted by Crippen LogP contribution is 2.33. The number of rotatable bonds is 17. The molecule has 0 amide bonds. The van der Waals surface area contributed by atoms with Gasteiger partial charge in [0, 0.05) is 12.5 Å². The van der Waals surface area contributed by atoms with E-state index >= 15 is 0 Å². The summed E-state index contributed by atoms with van der Waals surface area (Å²) in [4.78, 5) is 44.8. The third-order valence-electron chi connectivity index (χ3n) is 10.5. The van der Waals surface area contributed by atoms with Gasteiger partial charge in [-0.2, -0.15) is 0 Å². The number of carbonyl (C=O) groups is 3. The number of carbonyl (C=O) groups excluding carboxylic acids is 3. The van der Waals surface area contributed by atoms with E-state index in [1.54, 1.807) is 66.7 Å². The van der Waals surface area contributed by atoms with E-state index in [-0.39, 0.29) is 43.2 Å². The number of ether oxygens (including phenoxy) is 9. The predicted molar refractivity (Wildman–Crippen MR) is 224 cm³/mol. The van der Waals surface area contributed by atoms with Crippen molar-refractivity contribution in [2.24, 2.45) is 0 Å². The largest absolute Gasteiger partial charge is 0.458 e. The van der Waals surface area contributed by atoms with Gasteiger partial charge >= 0.3 is 17.9 Å². The monoisotopic (exact) mass is 839 g/mol. The molecule has 0 aliphatic carbocycles. The molecule has 0 spiro atoms. The van der Waals surface area contributed by atoms with Crippen LogP contribution in [-0.4, -0.2) is 92.4 Å². The summed E-state index contributed by atoms with van der Waals surface area (Å²) < 4.78 is 55.8. The number of nitrogens with zero attached hydrogens (tertiary/aromatic N) is 1. The Labute approximate surface area is 358 Å². The standard InChI is InChI=1S/C49H45NO12/c1-54-48-44(62-46(52)36-23-12-5-13-24-36)42(61-45(51)35-21-10-4-11-22-35)40(59-48)31-58-49-43(56-29-33-18-8-3-9-19-33)41(55-28-32-16-6-2-7-17-32)39(60-49)30-57-47(53)38-27-26-34-20-14-15-25-37(34)50-38/h2-27,39-44,48-49H,28-31H2,1H3/t39-,40-,41-,42-,43+,44+,48+,49-/m1/s1. The number of hydrogen-bond donors (Lipinski definition) is 0. The van der Waals surface area contributed by atoms with Gasteiger partial charge in [-0.3, -0.25) is 0 Å². The second-order valence-corrected chi connectivity index (χ2v) is 14.6. The fourth-order valence-corrected chi connectivity index (χ4v) is 7.29. The highest BCUT2D eigenvalue weighted by Gasteiger charge is 2.53. The lowest BCUT2D eigenvalue weighted by Gasteiger charge is -2.26. The van der Waals surface area contributed by atoms with Crippen LogP contribution in [0.2, 0.25) is 0 Å². The molecule has 13 nitrogen and oxygen atoms in total. The van der Waals surface area contributed by atoms with Crippen LogP contribution in [0, 0.1) is 0 Å². The van der Waals surface area contributed by atoms with E-state index in [4.69, 9.17) is 42.6 Å². The Morgan fingerprint density at radius 3 is 1.63 bits per heavy atom. The molecule has 0 N–H and O–H groups in total. The summed E-state index contributed by atoms with van der Waals surface area (Å²) in [6, 6.07) is 47.0. The Morgan fingerprint density at radius 1 is 0.500 bits per heavy atom. The first-order chi connectivity index (χ1) is 30.4. The Bertz CT molecular complexity index is 2390. The number of aromatic nitrogens is 1. The highest BCUT2D eigenvalue weighted by molar-refractivity contribution is 5.91. The summed E-state index contributed by atoms with van der Waals surface area (Å²) in [5.41, 5.74) is 3.16. The first-order valence-corrected chi connectivity index (χ1v) is 20.2. The minimum Gasteiger partial charge on any atom is -0.458 e. The van der Waals surface area contributed by atoms with Gasteiger partial charge in [-0.25, -0.2) is 19.4 Å². The van der Waals surface area contributed by atoms with Gasteiger partial charge < -0.3 is 42.6 Å². The maximum Gasteiger partial charge on any atom is 0.357 e. The van der Waals surface area contributed by atoms with Gasteiger partial charge in [0.1, 0.15) is 36.7 Å². The van der Waals surface area contributed by atoms with Gasteiger partial charge in [0.15, 0.2) is 24.8 Å². The molecule has 2 aliphatic heterocycles. The van der Waals surface area contributed by atoms with Crippen LogP contribution in [0.3, 0.4) is 0 Å². The van der Waals surface area contributed by atoms with E-state index in [2.05, 4.69) is 4.98 Å². The van der Waals surface area contributed by atoms with Gasteiger partial charge in [0.25, 0.3) is 0 Å². The van der Waals surface area contributed by atoms with Crippen LogP contribution in [0.15, 0.2) is 158 Å². The lowest BCUT2D eigenvalue weighted by Crippen LogP contribution is -2.43. The van der Waals surface area contributed by atoms with Gasteiger partial charge in [-0.1, -0.05) is 121 Å². The molecule has 0 radical (unpaired) electrons. The first kappa shape index (κ1) is 42.4. The summed E-state index contributed by atoms with van der Waals surface area (Å²) in [7, 11) is 1.40. The number of pyridine rings is 1. The number of para-hydroxylation sites is 1. The normalized spacial score (nSPS) is 23.2. The highest BCUT2D eigenvalue weighted by atomic mass is 16.8. The first-order valence-electron chi connectivity index (χ1n) is 20.2. The van der Waals surface area contributed by atoms with Gasteiger partial charge in [0.05, 0.1) is 36.5 Å². The molecule has 62 heavy (non-hydrogen) atoms. The summed E-state index contributed by atoms with van der Waals surface area (Å²) >= 11 is 0. The van der Waals surface area contributed by atoms with Gasteiger partial charge in [-0.05, 0) is 47.5 Å². The molecule has 0 unspecified atom stereocenters. The fraction of sp³-hybridized carbons (Fsp3) is 0.265. The van der Waals surface area contributed by atoms with Gasteiger partial charge in [-0.15, -0.1) is 0 Å². The fourth-order valence-electron chi connectivity index (χ4n) is 7.29. The zero-order chi connectivity index (χ0) is 42.7. The Kier molecular flexibility index (Phi) is 14.0. The van der Waals surface area contributed by atoms with Crippen molar-refractivity contribution in [3.8, 4) is 0 Å². The molecule has 13 heteroatoms. The van der Waals surface area contributed by atoms with Crippen molar-refractivity contribution in [1.29, 1.82) is 0 Å². The quantitative estimate of drug-likeness (QED) is 0.0679. The van der Waals surface area contributed by atoms with E-state index in [1.165, 1.54) is 7.11 Å². The molecule has 8 rings (SSSR count). The Hall–Kier alpha value is -6.32. The predicted octanol–water partition coefficient (Wildman–Crippen LogP) is 7.13. The van der Waals surface area contributed by atoms with Crippen molar-refractivity contribution in [1.82, 2.24) is 4.98 Å². The second-order valence-electron chi connectivity index (χ2n) is 14.6. The van der Waals surface area contributed by atoms with Crippen molar-refractivity contribution in [3.05, 3.63) is 186 Å². The number of benzene rings is 5. The maximum absolute atomic E-state index is 13.5. The lowest BCUT2D eigenvalue weighted by molar-refractivity contribution is -0.209. The molecule has 0 saturated carbocycles. The van der Waals surface area contributed by atoms with Crippen molar-refractivity contribution in [3.63, 3.8) is 0 Å². The Balaban J connectivity index is 1.05. The number of methoxy groups -OCH3 is 1. The molecule has 8 atom stereocenters. The average Bonchev–Trinajstić information content (AvgIpc) is 3.84. The second kappa shape index (κ2) is 20.5. The molecule has 1 aromatic heterocycles. The minimum atomic E-state index is -1.18. The van der Waals surface area contributed by atoms with Crippen molar-refractivity contribution in [2.75, 3.05) is 20.3 Å². The van der Waals surface area contributed by atoms with Crippen molar-refractivity contribution >= 4 is 28.8 Å². The van der Waals surface area contributed by atoms with E-state index in [1.807, 2.05) is 91.0 Å². The number of esters is 3. The topological polar surface area (TPSA) is 147 Å². The van der Waals surface area contributed by atoms with Crippen LogP contribution < -0.4 is 0 Å². The summed E-state index contributed by atoms with van der Waals surface area (Å²) in [6.07, 6.45) is -8.14. The van der Waals surface area contributed by atoms with Crippen LogP contribution >= 0.6 is 0 Å². The third kappa shape index (κ3) is 10.4. The van der Waals surface area contributed by atoms with E-state index in [0.717, 1.165) is 16.5 Å². The molecule has 2 aliphatic rings. The molecule has 0 bridgehead atoms. The van der Waals surface area contributed by atoms with Crippen LogP contribution in [-0.2, 0) is 55.8 Å². The molecule has 318 valence electrons. The summed E-state index contributed by atoms with van der Waals surface area (Å²) in [6.45, 7) is -0.0935. The van der Waals surface area contributed by atoms with Crippen LogP contribution in [0.5, 0.6) is 0 Å². The molecule has 5 aromatic carbocycles. The van der Waals surface area contributed by atoms with Crippen molar-refractivity contribution in [2.45, 2.75) is 62.4 Å². The van der Waals surface area contributed by atoms with Crippen LogP contribution in [0.1, 0.15) is 42.3 Å². The molecular weight excluding hydrogens is 795 g/mol. The van der Waals surface area contributed by atoms with Crippen LogP contribution in [0.4, 0.5) is 0 Å². The molecule has 2 saturated heterocycles. The van der Waals surface area contributed by atoms with E-state index < -0.39 is 67.1 Å².